The molecule has 0 amide bonds. The van der Waals surface area contributed by atoms with E-state index >= 15 is 0 Å². The lowest BCUT2D eigenvalue weighted by atomic mass is 10.2. The molecular weight excluding hydrogens is 360 g/mol. The summed E-state index contributed by atoms with van der Waals surface area (Å²) in [6.07, 6.45) is 0. The largest absolute Gasteiger partial charge is 0.486 e. The molecule has 0 aliphatic rings. The van der Waals surface area contributed by atoms with Crippen LogP contribution in [0, 0.1) is 0 Å². The second-order valence-corrected chi connectivity index (χ2v) is 6.12. The molecule has 8 nitrogen and oxygen atoms in total. The summed E-state index contributed by atoms with van der Waals surface area (Å²) in [4.78, 5) is 24.2. The number of ether oxygens (including phenoxy) is 2. The zero-order valence-electron chi connectivity index (χ0n) is 15.5. The Balaban J connectivity index is 1.71. The molecule has 0 spiro atoms. The van der Waals surface area contributed by atoms with Crippen molar-refractivity contribution in [1.82, 2.24) is 19.2 Å². The van der Waals surface area contributed by atoms with E-state index in [0.717, 1.165) is 5.52 Å². The van der Waals surface area contributed by atoms with Gasteiger partial charge in [0.25, 0.3) is 5.56 Å². The number of hydrogen-bond acceptors (Lipinski definition) is 6. The van der Waals surface area contributed by atoms with Crippen LogP contribution in [0.1, 0.15) is 23.1 Å². The number of para-hydroxylation sites is 1. The van der Waals surface area contributed by atoms with Gasteiger partial charge in [-0.15, -0.1) is 10.2 Å². The highest BCUT2D eigenvalue weighted by atomic mass is 16.5. The van der Waals surface area contributed by atoms with Crippen molar-refractivity contribution in [3.63, 3.8) is 0 Å². The Kier molecular flexibility index (Phi) is 4.52. The first-order valence-electron chi connectivity index (χ1n) is 8.80. The second kappa shape index (κ2) is 7.15. The maximum Gasteiger partial charge on any atom is 0.337 e. The average molecular weight is 378 g/mol. The smallest absolute Gasteiger partial charge is 0.337 e. The topological polar surface area (TPSA) is 87.7 Å². The van der Waals surface area contributed by atoms with Crippen LogP contribution in [0.25, 0.3) is 16.7 Å². The van der Waals surface area contributed by atoms with E-state index in [0.29, 0.717) is 34.8 Å². The fraction of sp³-hybridized carbons (Fsp3) is 0.200. The van der Waals surface area contributed by atoms with Gasteiger partial charge in [-0.05, 0) is 43.3 Å². The van der Waals surface area contributed by atoms with Gasteiger partial charge >= 0.3 is 5.97 Å². The lowest BCUT2D eigenvalue weighted by Gasteiger charge is -2.10. The normalized spacial score (nSPS) is 11.1. The molecule has 2 heterocycles. The molecule has 2 aromatic heterocycles. The molecule has 28 heavy (non-hydrogen) atoms. The van der Waals surface area contributed by atoms with Gasteiger partial charge in [0.2, 0.25) is 5.78 Å². The Morgan fingerprint density at radius 2 is 1.82 bits per heavy atom. The first-order valence-corrected chi connectivity index (χ1v) is 8.80. The minimum atomic E-state index is -0.404. The van der Waals surface area contributed by atoms with Crippen molar-refractivity contribution in [3.8, 4) is 5.75 Å². The number of nitrogens with zero attached hydrogens (tertiary/aromatic N) is 4. The molecule has 0 aliphatic heterocycles. The SMILES string of the molecule is CCn1c(=O)c2ccccc2n2c(COc3ccc(C(=O)OC)cc3)nnc12. The van der Waals surface area contributed by atoms with Gasteiger partial charge in [-0.2, -0.15) is 0 Å². The van der Waals surface area contributed by atoms with E-state index in [-0.39, 0.29) is 12.2 Å². The Labute approximate surface area is 160 Å². The van der Waals surface area contributed by atoms with Gasteiger partial charge in [0.15, 0.2) is 5.82 Å². The summed E-state index contributed by atoms with van der Waals surface area (Å²) in [6, 6.07) is 14.0. The highest BCUT2D eigenvalue weighted by Gasteiger charge is 2.16. The maximum absolute atomic E-state index is 12.7. The molecule has 4 rings (SSSR count). The molecule has 0 bridgehead atoms. The minimum Gasteiger partial charge on any atom is -0.486 e. The van der Waals surface area contributed by atoms with Gasteiger partial charge in [0.1, 0.15) is 12.4 Å². The molecule has 0 atom stereocenters. The zero-order valence-corrected chi connectivity index (χ0v) is 15.5. The first kappa shape index (κ1) is 17.7. The molecule has 142 valence electrons. The van der Waals surface area contributed by atoms with Gasteiger partial charge in [0, 0.05) is 6.54 Å². The summed E-state index contributed by atoms with van der Waals surface area (Å²) in [7, 11) is 1.34. The van der Waals surface area contributed by atoms with E-state index in [2.05, 4.69) is 14.9 Å². The first-order chi connectivity index (χ1) is 13.6. The highest BCUT2D eigenvalue weighted by molar-refractivity contribution is 5.89. The van der Waals surface area contributed by atoms with Crippen molar-refractivity contribution >= 4 is 22.6 Å². The number of aryl methyl sites for hydroxylation is 1. The van der Waals surface area contributed by atoms with Crippen molar-refractivity contribution < 1.29 is 14.3 Å². The third-order valence-electron chi connectivity index (χ3n) is 4.53. The van der Waals surface area contributed by atoms with Crippen LogP contribution in [0.2, 0.25) is 0 Å². The monoisotopic (exact) mass is 378 g/mol. The summed E-state index contributed by atoms with van der Waals surface area (Å²) in [5, 5.41) is 9.02. The molecular formula is C20H18N4O4. The van der Waals surface area contributed by atoms with Gasteiger partial charge in [-0.1, -0.05) is 12.1 Å². The molecule has 2 aromatic carbocycles. The number of esters is 1. The van der Waals surface area contributed by atoms with Gasteiger partial charge in [-0.3, -0.25) is 13.8 Å². The number of benzene rings is 2. The minimum absolute atomic E-state index is 0.0936. The van der Waals surface area contributed by atoms with E-state index in [9.17, 15) is 9.59 Å². The number of rotatable bonds is 5. The van der Waals surface area contributed by atoms with Crippen LogP contribution in [-0.4, -0.2) is 32.2 Å². The molecule has 0 fully saturated rings. The fourth-order valence-corrected chi connectivity index (χ4v) is 3.15. The molecule has 0 saturated carbocycles. The standard InChI is InChI=1S/C20H18N4O4/c1-3-23-18(25)15-6-4-5-7-16(15)24-17(21-22-20(23)24)12-28-14-10-8-13(9-11-14)19(26)27-2/h4-11H,3,12H2,1-2H3. The summed E-state index contributed by atoms with van der Waals surface area (Å²) >= 11 is 0. The predicted octanol–water partition coefficient (Wildman–Crippen LogP) is 2.43. The van der Waals surface area contributed by atoms with E-state index in [1.165, 1.54) is 7.11 Å². The zero-order chi connectivity index (χ0) is 19.7. The van der Waals surface area contributed by atoms with E-state index in [4.69, 9.17) is 4.74 Å². The highest BCUT2D eigenvalue weighted by Crippen LogP contribution is 2.17. The third kappa shape index (κ3) is 2.88. The van der Waals surface area contributed by atoms with E-state index in [1.54, 1.807) is 34.9 Å². The second-order valence-electron chi connectivity index (χ2n) is 6.12. The molecule has 0 unspecified atom stereocenters. The van der Waals surface area contributed by atoms with Crippen LogP contribution in [0.5, 0.6) is 5.75 Å². The molecule has 8 heteroatoms. The Bertz CT molecular complexity index is 1220. The molecule has 0 saturated heterocycles. The number of fused-ring (bicyclic) bond motifs is 3. The summed E-state index contributed by atoms with van der Waals surface area (Å²) in [6.45, 7) is 2.54. The summed E-state index contributed by atoms with van der Waals surface area (Å²) in [5.41, 5.74) is 1.08. The number of carbonyl (C=O) groups is 1. The molecule has 0 radical (unpaired) electrons. The Morgan fingerprint density at radius 1 is 1.07 bits per heavy atom. The van der Waals surface area contributed by atoms with Gasteiger partial charge in [-0.25, -0.2) is 4.79 Å². The molecule has 0 N–H and O–H groups in total. The Morgan fingerprint density at radius 3 is 2.54 bits per heavy atom. The molecule has 0 aliphatic carbocycles. The van der Waals surface area contributed by atoms with Gasteiger partial charge in [0.05, 0.1) is 23.6 Å². The van der Waals surface area contributed by atoms with Crippen LogP contribution in [0.4, 0.5) is 0 Å². The quantitative estimate of drug-likeness (QED) is 0.496. The van der Waals surface area contributed by atoms with Crippen LogP contribution in [0.3, 0.4) is 0 Å². The van der Waals surface area contributed by atoms with Crippen molar-refractivity contribution in [1.29, 1.82) is 0 Å². The van der Waals surface area contributed by atoms with Crippen molar-refractivity contribution in [2.45, 2.75) is 20.1 Å². The Hall–Kier alpha value is -3.68. The van der Waals surface area contributed by atoms with Crippen molar-refractivity contribution in [2.24, 2.45) is 0 Å². The van der Waals surface area contributed by atoms with Crippen LogP contribution in [-0.2, 0) is 17.9 Å². The lowest BCUT2D eigenvalue weighted by Crippen LogP contribution is -2.22. The van der Waals surface area contributed by atoms with Gasteiger partial charge < -0.3 is 9.47 Å². The van der Waals surface area contributed by atoms with E-state index < -0.39 is 5.97 Å². The average Bonchev–Trinajstić information content (AvgIpc) is 3.16. The number of carbonyl (C=O) groups excluding carboxylic acids is 1. The summed E-state index contributed by atoms with van der Waals surface area (Å²) in [5.74, 6) is 1.23. The lowest BCUT2D eigenvalue weighted by molar-refractivity contribution is 0.0600. The van der Waals surface area contributed by atoms with Crippen molar-refractivity contribution in [3.05, 3.63) is 70.3 Å². The number of hydrogen-bond donors (Lipinski definition) is 0. The van der Waals surface area contributed by atoms with E-state index in [1.807, 2.05) is 29.5 Å². The van der Waals surface area contributed by atoms with Crippen LogP contribution < -0.4 is 10.3 Å². The fourth-order valence-electron chi connectivity index (χ4n) is 3.15. The predicted molar refractivity (Wildman–Crippen MR) is 103 cm³/mol. The number of aromatic nitrogens is 4. The van der Waals surface area contributed by atoms with Crippen LogP contribution in [0.15, 0.2) is 53.3 Å². The number of methoxy groups -OCH3 is 1. The maximum atomic E-state index is 12.7. The molecule has 4 aromatic rings. The summed E-state index contributed by atoms with van der Waals surface area (Å²) < 4.78 is 13.9. The van der Waals surface area contributed by atoms with Crippen LogP contribution >= 0.6 is 0 Å². The third-order valence-corrected chi connectivity index (χ3v) is 4.53. The van der Waals surface area contributed by atoms with Crippen molar-refractivity contribution in [2.75, 3.05) is 7.11 Å².